The molecule has 2 unspecified atom stereocenters. The van der Waals surface area contributed by atoms with E-state index in [0.717, 1.165) is 17.5 Å². The highest BCUT2D eigenvalue weighted by Crippen LogP contribution is 2.36. The predicted octanol–water partition coefficient (Wildman–Crippen LogP) is 9.21. The minimum Gasteiger partial charge on any atom is -0.507 e. The van der Waals surface area contributed by atoms with Crippen LogP contribution in [0.5, 0.6) is 5.75 Å². The van der Waals surface area contributed by atoms with Crippen molar-refractivity contribution in [1.29, 1.82) is 0 Å². The summed E-state index contributed by atoms with van der Waals surface area (Å²) in [6.07, 6.45) is 12.6. The average molecular weight is 395 g/mol. The molecule has 29 heavy (non-hydrogen) atoms. The molecule has 1 heteroatoms. The Kier molecular flexibility index (Phi) is 10.3. The summed E-state index contributed by atoms with van der Waals surface area (Å²) >= 11 is 0. The van der Waals surface area contributed by atoms with E-state index in [1.165, 1.54) is 68.9 Å². The molecule has 2 aromatic carbocycles. The Bertz CT molecular complexity index is 701. The number of phenolic OH excluding ortho intramolecular Hbond substituents is 1. The zero-order chi connectivity index (χ0) is 21.1. The SMILES string of the molecule is CCCCCC(CC)c1ccc(-c2ccc(C(CC)CCCCC)cc2O)cc1. The van der Waals surface area contributed by atoms with Crippen molar-refractivity contribution in [3.63, 3.8) is 0 Å². The van der Waals surface area contributed by atoms with Gasteiger partial charge in [0, 0.05) is 5.56 Å². The fourth-order valence-electron chi connectivity index (χ4n) is 4.48. The van der Waals surface area contributed by atoms with Gasteiger partial charge in [-0.3, -0.25) is 0 Å². The van der Waals surface area contributed by atoms with Crippen LogP contribution >= 0.6 is 0 Å². The predicted molar refractivity (Wildman–Crippen MR) is 128 cm³/mol. The fraction of sp³-hybridized carbons (Fsp3) is 0.571. The number of benzene rings is 2. The Morgan fingerprint density at radius 2 is 1.17 bits per heavy atom. The molecule has 0 saturated carbocycles. The normalized spacial score (nSPS) is 13.4. The van der Waals surface area contributed by atoms with E-state index in [0.29, 0.717) is 17.6 Å². The lowest BCUT2D eigenvalue weighted by Crippen LogP contribution is -1.98. The topological polar surface area (TPSA) is 20.2 Å². The summed E-state index contributed by atoms with van der Waals surface area (Å²) in [5, 5.41) is 10.7. The van der Waals surface area contributed by atoms with Crippen LogP contribution in [0.25, 0.3) is 11.1 Å². The van der Waals surface area contributed by atoms with Crippen molar-refractivity contribution in [2.75, 3.05) is 0 Å². The van der Waals surface area contributed by atoms with Gasteiger partial charge in [0.05, 0.1) is 0 Å². The maximum Gasteiger partial charge on any atom is 0.123 e. The monoisotopic (exact) mass is 394 g/mol. The molecular weight excluding hydrogens is 352 g/mol. The number of hydrogen-bond donors (Lipinski definition) is 1. The molecule has 2 aromatic rings. The second-order valence-electron chi connectivity index (χ2n) is 8.60. The van der Waals surface area contributed by atoms with Crippen LogP contribution in [-0.4, -0.2) is 5.11 Å². The maximum atomic E-state index is 10.7. The molecule has 0 heterocycles. The van der Waals surface area contributed by atoms with Gasteiger partial charge >= 0.3 is 0 Å². The van der Waals surface area contributed by atoms with Gasteiger partial charge in [-0.25, -0.2) is 0 Å². The molecule has 2 rings (SSSR count). The molecule has 0 amide bonds. The van der Waals surface area contributed by atoms with Crippen LogP contribution in [0, 0.1) is 0 Å². The summed E-state index contributed by atoms with van der Waals surface area (Å²) in [6.45, 7) is 9.06. The first-order chi connectivity index (χ1) is 14.1. The first-order valence-corrected chi connectivity index (χ1v) is 12.1. The summed E-state index contributed by atoms with van der Waals surface area (Å²) in [5.74, 6) is 1.62. The molecule has 0 spiro atoms. The zero-order valence-corrected chi connectivity index (χ0v) is 19.2. The van der Waals surface area contributed by atoms with Crippen LogP contribution in [0.2, 0.25) is 0 Å². The zero-order valence-electron chi connectivity index (χ0n) is 19.2. The standard InChI is InChI=1S/C28H42O/c1-5-9-11-13-22(7-3)24-15-17-25(18-16-24)27-20-19-26(21-28(27)29)23(8-4)14-12-10-6-2/h15-23,29H,5-14H2,1-4H3. The van der Waals surface area contributed by atoms with E-state index in [1.54, 1.807) is 0 Å². The van der Waals surface area contributed by atoms with Gasteiger partial charge in [0.25, 0.3) is 0 Å². The van der Waals surface area contributed by atoms with Gasteiger partial charge in [0.2, 0.25) is 0 Å². The van der Waals surface area contributed by atoms with E-state index in [-0.39, 0.29) is 0 Å². The van der Waals surface area contributed by atoms with Gasteiger partial charge in [0.1, 0.15) is 5.75 Å². The first kappa shape index (κ1) is 23.5. The van der Waals surface area contributed by atoms with Gasteiger partial charge in [0.15, 0.2) is 0 Å². The molecular formula is C28H42O. The largest absolute Gasteiger partial charge is 0.507 e. The number of aromatic hydroxyl groups is 1. The lowest BCUT2D eigenvalue weighted by atomic mass is 9.88. The van der Waals surface area contributed by atoms with Crippen LogP contribution in [0.4, 0.5) is 0 Å². The van der Waals surface area contributed by atoms with Crippen LogP contribution in [0.3, 0.4) is 0 Å². The van der Waals surface area contributed by atoms with E-state index >= 15 is 0 Å². The van der Waals surface area contributed by atoms with E-state index < -0.39 is 0 Å². The van der Waals surface area contributed by atoms with Gasteiger partial charge < -0.3 is 5.11 Å². The third-order valence-corrected chi connectivity index (χ3v) is 6.48. The van der Waals surface area contributed by atoms with E-state index in [4.69, 9.17) is 0 Å². The van der Waals surface area contributed by atoms with Crippen LogP contribution in [0.15, 0.2) is 42.5 Å². The number of unbranched alkanes of at least 4 members (excludes halogenated alkanes) is 4. The van der Waals surface area contributed by atoms with Crippen LogP contribution in [-0.2, 0) is 0 Å². The second kappa shape index (κ2) is 12.7. The molecule has 0 aliphatic heterocycles. The van der Waals surface area contributed by atoms with Crippen LogP contribution in [0.1, 0.15) is 115 Å². The summed E-state index contributed by atoms with van der Waals surface area (Å²) in [6, 6.07) is 15.2. The van der Waals surface area contributed by atoms with Crippen molar-refractivity contribution < 1.29 is 5.11 Å². The number of phenols is 1. The summed E-state index contributed by atoms with van der Waals surface area (Å²) in [7, 11) is 0. The minimum absolute atomic E-state index is 0.416. The third-order valence-electron chi connectivity index (χ3n) is 6.48. The van der Waals surface area contributed by atoms with Gasteiger partial charge in [-0.1, -0.05) is 103 Å². The highest BCUT2D eigenvalue weighted by molar-refractivity contribution is 5.70. The molecule has 0 aromatic heterocycles. The van der Waals surface area contributed by atoms with Gasteiger partial charge in [-0.2, -0.15) is 0 Å². The molecule has 1 nitrogen and oxygen atoms in total. The lowest BCUT2D eigenvalue weighted by Gasteiger charge is -2.18. The summed E-state index contributed by atoms with van der Waals surface area (Å²) in [4.78, 5) is 0. The average Bonchev–Trinajstić information content (AvgIpc) is 2.75. The molecule has 0 aliphatic carbocycles. The van der Waals surface area contributed by atoms with Gasteiger partial charge in [-0.15, -0.1) is 0 Å². The Hall–Kier alpha value is -1.76. The van der Waals surface area contributed by atoms with Crippen molar-refractivity contribution >= 4 is 0 Å². The smallest absolute Gasteiger partial charge is 0.123 e. The number of rotatable bonds is 13. The van der Waals surface area contributed by atoms with E-state index in [1.807, 2.05) is 6.07 Å². The van der Waals surface area contributed by atoms with Crippen LogP contribution < -0.4 is 0 Å². The van der Waals surface area contributed by atoms with Crippen molar-refractivity contribution in [2.45, 2.75) is 104 Å². The minimum atomic E-state index is 0.416. The molecule has 0 saturated heterocycles. The Balaban J connectivity index is 2.11. The highest BCUT2D eigenvalue weighted by atomic mass is 16.3. The second-order valence-corrected chi connectivity index (χ2v) is 8.60. The highest BCUT2D eigenvalue weighted by Gasteiger charge is 2.14. The van der Waals surface area contributed by atoms with E-state index in [9.17, 15) is 5.11 Å². The Labute approximate surface area is 179 Å². The lowest BCUT2D eigenvalue weighted by molar-refractivity contribution is 0.474. The molecule has 0 aliphatic rings. The molecule has 2 atom stereocenters. The Morgan fingerprint density at radius 3 is 1.66 bits per heavy atom. The van der Waals surface area contributed by atoms with Crippen molar-refractivity contribution in [3.8, 4) is 16.9 Å². The summed E-state index contributed by atoms with van der Waals surface area (Å²) < 4.78 is 0. The van der Waals surface area contributed by atoms with E-state index in [2.05, 4.69) is 64.1 Å². The maximum absolute atomic E-state index is 10.7. The van der Waals surface area contributed by atoms with Gasteiger partial charge in [-0.05, 0) is 60.3 Å². The molecule has 0 fully saturated rings. The molecule has 1 N–H and O–H groups in total. The first-order valence-electron chi connectivity index (χ1n) is 12.1. The molecule has 0 radical (unpaired) electrons. The summed E-state index contributed by atoms with van der Waals surface area (Å²) in [5.41, 5.74) is 4.77. The Morgan fingerprint density at radius 1 is 0.655 bits per heavy atom. The fourth-order valence-corrected chi connectivity index (χ4v) is 4.48. The number of hydrogen-bond acceptors (Lipinski definition) is 1. The quantitative estimate of drug-likeness (QED) is 0.336. The van der Waals surface area contributed by atoms with Crippen molar-refractivity contribution in [3.05, 3.63) is 53.6 Å². The molecule has 0 bridgehead atoms. The van der Waals surface area contributed by atoms with Crippen molar-refractivity contribution in [2.24, 2.45) is 0 Å². The molecule has 160 valence electrons. The van der Waals surface area contributed by atoms with Crippen molar-refractivity contribution in [1.82, 2.24) is 0 Å². The third kappa shape index (κ3) is 6.91.